The van der Waals surface area contributed by atoms with Gasteiger partial charge in [-0.2, -0.15) is 0 Å². The number of sulfonamides is 1. The summed E-state index contributed by atoms with van der Waals surface area (Å²) in [4.78, 5) is 0.139. The van der Waals surface area contributed by atoms with E-state index in [0.717, 1.165) is 13.0 Å². The number of halogens is 2. The van der Waals surface area contributed by atoms with Crippen LogP contribution in [0.3, 0.4) is 0 Å². The van der Waals surface area contributed by atoms with Crippen molar-refractivity contribution in [1.29, 1.82) is 0 Å². The van der Waals surface area contributed by atoms with E-state index in [1.165, 1.54) is 13.2 Å². The summed E-state index contributed by atoms with van der Waals surface area (Å²) in [5.74, 6) is 0.331. The number of nitrogens with one attached hydrogen (secondary N) is 2. The molecule has 0 heterocycles. The number of ether oxygens (including phenoxy) is 1. The summed E-state index contributed by atoms with van der Waals surface area (Å²) in [6.07, 6.45) is 1.02. The second kappa shape index (κ2) is 9.57. The summed E-state index contributed by atoms with van der Waals surface area (Å²) in [6, 6.07) is 4.88. The fourth-order valence-corrected chi connectivity index (χ4v) is 3.25. The Morgan fingerprint density at radius 3 is 2.55 bits per heavy atom. The fraction of sp³-hybridized carbons (Fsp3) is 0.500. The van der Waals surface area contributed by atoms with Crippen LogP contribution in [0.2, 0.25) is 0 Å². The van der Waals surface area contributed by atoms with E-state index in [1.807, 2.05) is 0 Å². The molecule has 0 aliphatic carbocycles. The molecule has 0 amide bonds. The van der Waals surface area contributed by atoms with Gasteiger partial charge in [0.05, 0.1) is 7.11 Å². The molecule has 20 heavy (non-hydrogen) atoms. The standard InChI is InChI=1S/C12H19BrN2O3S.ClH/c1-3-6-14-7-8-15-19(16,17)12-9-10(13)4-5-11(12)18-2;/h4-5,9,14-15H,3,6-8H2,1-2H3;1H. The van der Waals surface area contributed by atoms with Crippen LogP contribution in [-0.4, -0.2) is 35.2 Å². The Morgan fingerprint density at radius 2 is 1.95 bits per heavy atom. The summed E-state index contributed by atoms with van der Waals surface area (Å²) in [7, 11) is -2.11. The van der Waals surface area contributed by atoms with Crippen molar-refractivity contribution in [2.45, 2.75) is 18.2 Å². The van der Waals surface area contributed by atoms with Gasteiger partial charge in [0.15, 0.2) is 0 Å². The lowest BCUT2D eigenvalue weighted by molar-refractivity contribution is 0.402. The van der Waals surface area contributed by atoms with Gasteiger partial charge < -0.3 is 10.1 Å². The highest BCUT2D eigenvalue weighted by molar-refractivity contribution is 9.10. The van der Waals surface area contributed by atoms with E-state index in [1.54, 1.807) is 12.1 Å². The Labute approximate surface area is 135 Å². The van der Waals surface area contributed by atoms with Crippen molar-refractivity contribution < 1.29 is 13.2 Å². The normalized spacial score (nSPS) is 10.9. The second-order valence-corrected chi connectivity index (χ2v) is 6.59. The smallest absolute Gasteiger partial charge is 0.244 e. The van der Waals surface area contributed by atoms with Gasteiger partial charge in [0.2, 0.25) is 10.0 Å². The molecule has 0 atom stereocenters. The van der Waals surface area contributed by atoms with Crippen LogP contribution in [0.1, 0.15) is 13.3 Å². The topological polar surface area (TPSA) is 67.4 Å². The van der Waals surface area contributed by atoms with Gasteiger partial charge in [-0.25, -0.2) is 13.1 Å². The minimum absolute atomic E-state index is 0. The molecule has 0 radical (unpaired) electrons. The largest absolute Gasteiger partial charge is 0.495 e. The van der Waals surface area contributed by atoms with E-state index < -0.39 is 10.0 Å². The lowest BCUT2D eigenvalue weighted by Gasteiger charge is -2.11. The highest BCUT2D eigenvalue weighted by Gasteiger charge is 2.19. The van der Waals surface area contributed by atoms with Crippen molar-refractivity contribution in [2.75, 3.05) is 26.7 Å². The summed E-state index contributed by atoms with van der Waals surface area (Å²) >= 11 is 3.26. The zero-order chi connectivity index (χ0) is 14.3. The zero-order valence-electron chi connectivity index (χ0n) is 11.5. The first-order chi connectivity index (χ1) is 9.01. The number of benzene rings is 1. The third-order valence-electron chi connectivity index (χ3n) is 2.44. The van der Waals surface area contributed by atoms with Gasteiger partial charge in [-0.05, 0) is 31.2 Å². The van der Waals surface area contributed by atoms with Gasteiger partial charge in [0, 0.05) is 17.6 Å². The summed E-state index contributed by atoms with van der Waals surface area (Å²) in [5.41, 5.74) is 0. The van der Waals surface area contributed by atoms with Crippen molar-refractivity contribution in [3.05, 3.63) is 22.7 Å². The van der Waals surface area contributed by atoms with Crippen molar-refractivity contribution in [1.82, 2.24) is 10.0 Å². The lowest BCUT2D eigenvalue weighted by atomic mass is 10.3. The van der Waals surface area contributed by atoms with Crippen LogP contribution in [0.5, 0.6) is 5.75 Å². The lowest BCUT2D eigenvalue weighted by Crippen LogP contribution is -2.32. The first-order valence-corrected chi connectivity index (χ1v) is 8.32. The van der Waals surface area contributed by atoms with Crippen molar-refractivity contribution >= 4 is 38.4 Å². The van der Waals surface area contributed by atoms with Crippen LogP contribution < -0.4 is 14.8 Å². The van der Waals surface area contributed by atoms with Crippen molar-refractivity contribution in [3.8, 4) is 5.75 Å². The van der Waals surface area contributed by atoms with Gasteiger partial charge >= 0.3 is 0 Å². The molecule has 1 rings (SSSR count). The number of methoxy groups -OCH3 is 1. The molecule has 0 unspecified atom stereocenters. The third kappa shape index (κ3) is 5.97. The predicted molar refractivity (Wildman–Crippen MR) is 86.3 cm³/mol. The minimum Gasteiger partial charge on any atom is -0.495 e. The van der Waals surface area contributed by atoms with Crippen LogP contribution in [0.4, 0.5) is 0 Å². The highest BCUT2D eigenvalue weighted by atomic mass is 79.9. The highest BCUT2D eigenvalue weighted by Crippen LogP contribution is 2.26. The van der Waals surface area contributed by atoms with Crippen molar-refractivity contribution in [3.63, 3.8) is 0 Å². The first kappa shape index (κ1) is 19.7. The maximum atomic E-state index is 12.2. The quantitative estimate of drug-likeness (QED) is 0.671. The molecule has 5 nitrogen and oxygen atoms in total. The number of hydrogen-bond donors (Lipinski definition) is 2. The van der Waals surface area contributed by atoms with Gasteiger partial charge in [0.1, 0.15) is 10.6 Å². The Hall–Kier alpha value is -0.340. The Morgan fingerprint density at radius 1 is 1.25 bits per heavy atom. The van der Waals surface area contributed by atoms with Crippen LogP contribution >= 0.6 is 28.3 Å². The van der Waals surface area contributed by atoms with E-state index >= 15 is 0 Å². The maximum Gasteiger partial charge on any atom is 0.244 e. The molecule has 116 valence electrons. The average molecular weight is 388 g/mol. The molecule has 0 saturated carbocycles. The van der Waals surface area contributed by atoms with Crippen LogP contribution in [0.15, 0.2) is 27.6 Å². The molecule has 0 fully saturated rings. The minimum atomic E-state index is -3.56. The van der Waals surface area contributed by atoms with Gasteiger partial charge in [-0.3, -0.25) is 0 Å². The predicted octanol–water partition coefficient (Wildman–Crippen LogP) is 2.16. The van der Waals surface area contributed by atoms with Crippen LogP contribution in [0, 0.1) is 0 Å². The van der Waals surface area contributed by atoms with Crippen molar-refractivity contribution in [2.24, 2.45) is 0 Å². The monoisotopic (exact) mass is 386 g/mol. The van der Waals surface area contributed by atoms with E-state index in [-0.39, 0.29) is 17.3 Å². The molecule has 8 heteroatoms. The average Bonchev–Trinajstić information content (AvgIpc) is 2.38. The third-order valence-corrected chi connectivity index (χ3v) is 4.41. The van der Waals surface area contributed by atoms with E-state index in [9.17, 15) is 8.42 Å². The fourth-order valence-electron chi connectivity index (χ4n) is 1.51. The summed E-state index contributed by atoms with van der Waals surface area (Å²) in [6.45, 7) is 3.88. The molecule has 0 bridgehead atoms. The molecule has 1 aromatic carbocycles. The van der Waals surface area contributed by atoms with E-state index in [2.05, 4.69) is 32.9 Å². The van der Waals surface area contributed by atoms with Crippen LogP contribution in [0.25, 0.3) is 0 Å². The Kier molecular flexibility index (Phi) is 9.41. The SMILES string of the molecule is CCCNCCNS(=O)(=O)c1cc(Br)ccc1OC.Cl. The molecule has 0 saturated heterocycles. The zero-order valence-corrected chi connectivity index (χ0v) is 14.7. The molecule has 0 aliphatic heterocycles. The summed E-state index contributed by atoms with van der Waals surface area (Å²) < 4.78 is 32.6. The number of rotatable bonds is 8. The molecule has 2 N–H and O–H groups in total. The Balaban J connectivity index is 0.00000361. The Bertz CT molecular complexity index is 511. The number of hydrogen-bond acceptors (Lipinski definition) is 4. The van der Waals surface area contributed by atoms with Crippen LogP contribution in [-0.2, 0) is 10.0 Å². The summed E-state index contributed by atoms with van der Waals surface area (Å²) in [5, 5.41) is 3.13. The molecular weight excluding hydrogens is 368 g/mol. The molecule has 0 aliphatic rings. The molecule has 0 spiro atoms. The van der Waals surface area contributed by atoms with Gasteiger partial charge in [-0.15, -0.1) is 12.4 Å². The molecule has 0 aromatic heterocycles. The van der Waals surface area contributed by atoms with E-state index in [4.69, 9.17) is 4.74 Å². The second-order valence-electron chi connectivity index (χ2n) is 3.94. The van der Waals surface area contributed by atoms with E-state index in [0.29, 0.717) is 23.3 Å². The maximum absolute atomic E-state index is 12.2. The molecule has 1 aromatic rings. The molecular formula is C12H20BrClN2O3S. The first-order valence-electron chi connectivity index (χ1n) is 6.05. The van der Waals surface area contributed by atoms with Gasteiger partial charge in [0.25, 0.3) is 0 Å². The van der Waals surface area contributed by atoms with Gasteiger partial charge in [-0.1, -0.05) is 22.9 Å².